The first-order valence-electron chi connectivity index (χ1n) is 7.42. The molecule has 0 radical (unpaired) electrons. The van der Waals surface area contributed by atoms with Crippen molar-refractivity contribution in [1.82, 2.24) is 0 Å². The summed E-state index contributed by atoms with van der Waals surface area (Å²) in [5.74, 6) is -0.779. The van der Waals surface area contributed by atoms with E-state index in [1.807, 2.05) is 0 Å². The van der Waals surface area contributed by atoms with Crippen molar-refractivity contribution in [1.29, 1.82) is 0 Å². The van der Waals surface area contributed by atoms with Crippen LogP contribution in [0, 0.1) is 0 Å². The number of nitrogens with one attached hydrogen (secondary N) is 1. The summed E-state index contributed by atoms with van der Waals surface area (Å²) in [6.07, 6.45) is 4.61. The summed E-state index contributed by atoms with van der Waals surface area (Å²) in [7, 11) is 0. The summed E-state index contributed by atoms with van der Waals surface area (Å²) in [4.78, 5) is 23.0. The molecule has 5 heteroatoms. The van der Waals surface area contributed by atoms with E-state index >= 15 is 0 Å². The van der Waals surface area contributed by atoms with Gasteiger partial charge in [0.2, 0.25) is 5.91 Å². The zero-order valence-electron chi connectivity index (χ0n) is 12.1. The number of anilines is 1. The van der Waals surface area contributed by atoms with Crippen molar-refractivity contribution in [3.8, 4) is 0 Å². The van der Waals surface area contributed by atoms with Crippen LogP contribution in [0.4, 0.5) is 5.69 Å². The van der Waals surface area contributed by atoms with E-state index in [0.717, 1.165) is 24.8 Å². The fourth-order valence-electron chi connectivity index (χ4n) is 2.45. The Morgan fingerprint density at radius 3 is 2.33 bits per heavy atom. The zero-order chi connectivity index (χ0) is 15.3. The van der Waals surface area contributed by atoms with Gasteiger partial charge >= 0.3 is 5.97 Å². The highest BCUT2D eigenvalue weighted by Gasteiger charge is 2.51. The second-order valence-corrected chi connectivity index (χ2v) is 5.61. The van der Waals surface area contributed by atoms with E-state index in [9.17, 15) is 14.7 Å². The highest BCUT2D eigenvalue weighted by Crippen LogP contribution is 2.48. The minimum atomic E-state index is -0.765. The molecule has 0 heterocycles. The normalized spacial score (nSPS) is 15.5. The second-order valence-electron chi connectivity index (χ2n) is 5.61. The molecule has 1 aromatic carbocycles. The molecule has 1 saturated carbocycles. The Morgan fingerprint density at radius 1 is 1.14 bits per heavy atom. The predicted molar refractivity (Wildman–Crippen MR) is 81.1 cm³/mol. The Balaban J connectivity index is 1.85. The zero-order valence-corrected chi connectivity index (χ0v) is 12.1. The SMILES string of the molecule is NCCCCCC(=O)Nc1ccc(C2(C(=O)O)CC2)cc1. The molecule has 0 aromatic heterocycles. The van der Waals surface area contributed by atoms with Crippen LogP contribution in [-0.4, -0.2) is 23.5 Å². The van der Waals surface area contributed by atoms with E-state index in [-0.39, 0.29) is 5.91 Å². The third-order valence-corrected chi connectivity index (χ3v) is 3.99. The number of nitrogens with two attached hydrogens (primary N) is 1. The summed E-state index contributed by atoms with van der Waals surface area (Å²) in [5.41, 5.74) is 6.24. The van der Waals surface area contributed by atoms with Crippen molar-refractivity contribution in [2.75, 3.05) is 11.9 Å². The maximum absolute atomic E-state index is 11.7. The smallest absolute Gasteiger partial charge is 0.314 e. The van der Waals surface area contributed by atoms with Gasteiger partial charge in [-0.25, -0.2) is 0 Å². The summed E-state index contributed by atoms with van der Waals surface area (Å²) in [5, 5.41) is 12.1. The molecular weight excluding hydrogens is 268 g/mol. The minimum Gasteiger partial charge on any atom is -0.481 e. The molecule has 0 atom stereocenters. The molecule has 4 N–H and O–H groups in total. The first-order valence-corrected chi connectivity index (χ1v) is 7.42. The summed E-state index contributed by atoms with van der Waals surface area (Å²) >= 11 is 0. The van der Waals surface area contributed by atoms with Gasteiger partial charge in [0.25, 0.3) is 0 Å². The molecule has 1 aromatic rings. The molecule has 1 aliphatic rings. The van der Waals surface area contributed by atoms with Crippen molar-refractivity contribution < 1.29 is 14.7 Å². The first kappa shape index (κ1) is 15.5. The van der Waals surface area contributed by atoms with Crippen LogP contribution in [0.25, 0.3) is 0 Å². The maximum atomic E-state index is 11.7. The van der Waals surface area contributed by atoms with E-state index in [4.69, 9.17) is 5.73 Å². The van der Waals surface area contributed by atoms with Crippen molar-refractivity contribution in [2.45, 2.75) is 43.9 Å². The Morgan fingerprint density at radius 2 is 1.81 bits per heavy atom. The van der Waals surface area contributed by atoms with Crippen LogP contribution < -0.4 is 11.1 Å². The van der Waals surface area contributed by atoms with Gasteiger partial charge in [0.05, 0.1) is 5.41 Å². The Bertz CT molecular complexity index is 507. The number of hydrogen-bond donors (Lipinski definition) is 3. The highest BCUT2D eigenvalue weighted by molar-refractivity contribution is 5.91. The minimum absolute atomic E-state index is 0.0147. The van der Waals surface area contributed by atoms with Crippen LogP contribution in [0.5, 0.6) is 0 Å². The Labute approximate surface area is 124 Å². The van der Waals surface area contributed by atoms with Gasteiger partial charge < -0.3 is 16.2 Å². The van der Waals surface area contributed by atoms with E-state index in [2.05, 4.69) is 5.32 Å². The fraction of sp³-hybridized carbons (Fsp3) is 0.500. The van der Waals surface area contributed by atoms with Gasteiger partial charge in [-0.05, 0) is 49.9 Å². The number of carbonyl (C=O) groups is 2. The molecule has 21 heavy (non-hydrogen) atoms. The molecule has 114 valence electrons. The van der Waals surface area contributed by atoms with Crippen LogP contribution in [0.1, 0.15) is 44.1 Å². The van der Waals surface area contributed by atoms with Gasteiger partial charge in [-0.1, -0.05) is 18.6 Å². The number of hydrogen-bond acceptors (Lipinski definition) is 3. The topological polar surface area (TPSA) is 92.4 Å². The average molecular weight is 290 g/mol. The van der Waals surface area contributed by atoms with Gasteiger partial charge in [0.1, 0.15) is 0 Å². The van der Waals surface area contributed by atoms with Gasteiger partial charge in [-0.15, -0.1) is 0 Å². The standard InChI is InChI=1S/C16H22N2O3/c17-11-3-1-2-4-14(19)18-13-7-5-12(6-8-13)16(9-10-16)15(20)21/h5-8H,1-4,9-11,17H2,(H,18,19)(H,20,21). The summed E-state index contributed by atoms with van der Waals surface area (Å²) in [6.45, 7) is 0.661. The van der Waals surface area contributed by atoms with Gasteiger partial charge in [0.15, 0.2) is 0 Å². The quantitative estimate of drug-likeness (QED) is 0.640. The third-order valence-electron chi connectivity index (χ3n) is 3.99. The van der Waals surface area contributed by atoms with Crippen LogP contribution in [0.3, 0.4) is 0 Å². The van der Waals surface area contributed by atoms with Crippen molar-refractivity contribution in [3.05, 3.63) is 29.8 Å². The lowest BCUT2D eigenvalue weighted by Gasteiger charge is -2.11. The highest BCUT2D eigenvalue weighted by atomic mass is 16.4. The van der Waals surface area contributed by atoms with E-state index in [0.29, 0.717) is 31.5 Å². The molecule has 1 fully saturated rings. The second kappa shape index (κ2) is 6.72. The number of aliphatic carboxylic acids is 1. The molecule has 5 nitrogen and oxygen atoms in total. The van der Waals surface area contributed by atoms with Crippen LogP contribution in [-0.2, 0) is 15.0 Å². The van der Waals surface area contributed by atoms with Gasteiger partial charge in [-0.2, -0.15) is 0 Å². The molecule has 0 spiro atoms. The molecular formula is C16H22N2O3. The number of carboxylic acids is 1. The average Bonchev–Trinajstić information content (AvgIpc) is 3.26. The largest absolute Gasteiger partial charge is 0.481 e. The molecule has 0 unspecified atom stereocenters. The third kappa shape index (κ3) is 3.82. The number of carboxylic acid groups (broad SMARTS) is 1. The predicted octanol–water partition coefficient (Wildman–Crippen LogP) is 2.26. The maximum Gasteiger partial charge on any atom is 0.314 e. The number of carbonyl (C=O) groups excluding carboxylic acids is 1. The van der Waals surface area contributed by atoms with Crippen LogP contribution in [0.15, 0.2) is 24.3 Å². The molecule has 0 aliphatic heterocycles. The first-order chi connectivity index (χ1) is 10.1. The van der Waals surface area contributed by atoms with E-state index < -0.39 is 11.4 Å². The summed E-state index contributed by atoms with van der Waals surface area (Å²) < 4.78 is 0. The Kier molecular flexibility index (Phi) is 4.96. The van der Waals surface area contributed by atoms with Crippen LogP contribution in [0.2, 0.25) is 0 Å². The molecule has 1 aliphatic carbocycles. The number of rotatable bonds is 8. The molecule has 2 rings (SSSR count). The molecule has 1 amide bonds. The lowest BCUT2D eigenvalue weighted by Crippen LogP contribution is -2.19. The number of unbranched alkanes of at least 4 members (excludes halogenated alkanes) is 2. The van der Waals surface area contributed by atoms with Crippen molar-refractivity contribution in [3.63, 3.8) is 0 Å². The van der Waals surface area contributed by atoms with Gasteiger partial charge in [-0.3, -0.25) is 9.59 Å². The number of benzene rings is 1. The lowest BCUT2D eigenvalue weighted by molar-refractivity contribution is -0.140. The van der Waals surface area contributed by atoms with E-state index in [1.54, 1.807) is 24.3 Å². The summed E-state index contributed by atoms with van der Waals surface area (Å²) in [6, 6.07) is 7.14. The van der Waals surface area contributed by atoms with Crippen molar-refractivity contribution >= 4 is 17.6 Å². The fourth-order valence-corrected chi connectivity index (χ4v) is 2.45. The lowest BCUT2D eigenvalue weighted by atomic mass is 9.96. The molecule has 0 bridgehead atoms. The van der Waals surface area contributed by atoms with Crippen LogP contribution >= 0.6 is 0 Å². The monoisotopic (exact) mass is 290 g/mol. The Hall–Kier alpha value is -1.88. The van der Waals surface area contributed by atoms with Gasteiger partial charge in [0, 0.05) is 12.1 Å². The van der Waals surface area contributed by atoms with E-state index in [1.165, 1.54) is 0 Å². The molecule has 0 saturated heterocycles. The number of amides is 1. The van der Waals surface area contributed by atoms with Crippen molar-refractivity contribution in [2.24, 2.45) is 5.73 Å².